The summed E-state index contributed by atoms with van der Waals surface area (Å²) in [6.45, 7) is 0.159. The molecule has 3 rings (SSSR count). The van der Waals surface area contributed by atoms with E-state index < -0.39 is 27.9 Å². The van der Waals surface area contributed by atoms with Crippen molar-refractivity contribution in [3.8, 4) is 0 Å². The number of carbonyl (C=O) groups excluding carboxylic acids is 1. The molecule has 1 atom stereocenters. The fourth-order valence-electron chi connectivity index (χ4n) is 2.70. The smallest absolute Gasteiger partial charge is 0.326 e. The quantitative estimate of drug-likeness (QED) is 0.842. The number of thiophene rings is 1. The Kier molecular flexibility index (Phi) is 4.16. The number of carbonyl (C=O) groups is 2. The number of fused-ring (bicyclic) bond motifs is 1. The summed E-state index contributed by atoms with van der Waals surface area (Å²) in [5, 5.41) is 15.9. The van der Waals surface area contributed by atoms with Gasteiger partial charge in [-0.25, -0.2) is 18.4 Å². The SMILES string of the molecule is NS(=O)(=O)c1cc(C(=O)N2Cc3ccccc3C[C@@H]2C(=O)O)cs1. The highest BCUT2D eigenvalue weighted by molar-refractivity contribution is 7.91. The predicted octanol–water partition coefficient (Wildman–Crippen LogP) is 1.05. The molecular weight excluding hydrogens is 352 g/mol. The molecule has 0 saturated carbocycles. The van der Waals surface area contributed by atoms with Crippen molar-refractivity contribution in [2.24, 2.45) is 5.14 Å². The van der Waals surface area contributed by atoms with E-state index in [0.717, 1.165) is 22.5 Å². The Morgan fingerprint density at radius 2 is 1.92 bits per heavy atom. The first-order valence-corrected chi connectivity index (χ1v) is 9.42. The number of primary sulfonamides is 1. The van der Waals surface area contributed by atoms with Gasteiger partial charge in [-0.15, -0.1) is 11.3 Å². The van der Waals surface area contributed by atoms with E-state index in [1.165, 1.54) is 16.3 Å². The number of carboxylic acid groups (broad SMARTS) is 1. The summed E-state index contributed by atoms with van der Waals surface area (Å²) in [5.74, 6) is -1.62. The standard InChI is InChI=1S/C15H14N2O5S2/c16-24(21,22)13-6-11(8-23-13)14(18)17-7-10-4-2-1-3-9(10)5-12(17)15(19)20/h1-4,6,8,12H,5,7H2,(H,19,20)(H2,16,21,22)/t12-/m1/s1. The van der Waals surface area contributed by atoms with Crippen LogP contribution in [-0.4, -0.2) is 36.3 Å². The van der Waals surface area contributed by atoms with Crippen LogP contribution in [0.15, 0.2) is 39.9 Å². The second-order valence-electron chi connectivity index (χ2n) is 5.46. The minimum atomic E-state index is -3.89. The van der Waals surface area contributed by atoms with E-state index in [4.69, 9.17) is 5.14 Å². The van der Waals surface area contributed by atoms with Crippen LogP contribution >= 0.6 is 11.3 Å². The largest absolute Gasteiger partial charge is 0.480 e. The molecule has 1 amide bonds. The van der Waals surface area contributed by atoms with Crippen molar-refractivity contribution in [2.45, 2.75) is 23.2 Å². The molecule has 126 valence electrons. The molecule has 0 aliphatic carbocycles. The summed E-state index contributed by atoms with van der Waals surface area (Å²) in [5.41, 5.74) is 1.89. The zero-order chi connectivity index (χ0) is 17.5. The van der Waals surface area contributed by atoms with E-state index in [0.29, 0.717) is 0 Å². The number of carboxylic acids is 1. The Morgan fingerprint density at radius 3 is 2.50 bits per heavy atom. The number of amides is 1. The maximum absolute atomic E-state index is 12.7. The lowest BCUT2D eigenvalue weighted by Crippen LogP contribution is -2.48. The number of rotatable bonds is 3. The van der Waals surface area contributed by atoms with Gasteiger partial charge in [0.1, 0.15) is 10.3 Å². The molecule has 1 aromatic carbocycles. The van der Waals surface area contributed by atoms with Crippen LogP contribution in [-0.2, 0) is 27.8 Å². The number of nitrogens with zero attached hydrogens (tertiary/aromatic N) is 1. The maximum atomic E-state index is 12.7. The summed E-state index contributed by atoms with van der Waals surface area (Å²) in [6.07, 6.45) is 0.212. The van der Waals surface area contributed by atoms with Gasteiger partial charge in [-0.3, -0.25) is 4.79 Å². The molecule has 9 heteroatoms. The highest BCUT2D eigenvalue weighted by atomic mass is 32.2. The Hall–Kier alpha value is -2.23. The topological polar surface area (TPSA) is 118 Å². The van der Waals surface area contributed by atoms with Crippen molar-refractivity contribution in [2.75, 3.05) is 0 Å². The molecule has 0 saturated heterocycles. The van der Waals surface area contributed by atoms with Gasteiger partial charge < -0.3 is 10.0 Å². The molecule has 2 heterocycles. The van der Waals surface area contributed by atoms with Crippen molar-refractivity contribution in [1.82, 2.24) is 4.90 Å². The minimum absolute atomic E-state index is 0.120. The lowest BCUT2D eigenvalue weighted by molar-refractivity contribution is -0.142. The molecule has 2 aromatic rings. The zero-order valence-corrected chi connectivity index (χ0v) is 14.0. The van der Waals surface area contributed by atoms with Gasteiger partial charge >= 0.3 is 5.97 Å². The first-order valence-electron chi connectivity index (χ1n) is 6.99. The summed E-state index contributed by atoms with van der Waals surface area (Å²) in [7, 11) is -3.89. The average molecular weight is 366 g/mol. The summed E-state index contributed by atoms with van der Waals surface area (Å²) < 4.78 is 22.6. The molecule has 0 spiro atoms. The molecule has 24 heavy (non-hydrogen) atoms. The third kappa shape index (κ3) is 3.05. The predicted molar refractivity (Wildman–Crippen MR) is 87.1 cm³/mol. The fraction of sp³-hybridized carbons (Fsp3) is 0.200. The highest BCUT2D eigenvalue weighted by Crippen LogP contribution is 2.27. The van der Waals surface area contributed by atoms with E-state index in [9.17, 15) is 23.1 Å². The van der Waals surface area contributed by atoms with Gasteiger partial charge in [0.05, 0.1) is 5.56 Å². The highest BCUT2D eigenvalue weighted by Gasteiger charge is 2.35. The molecule has 0 radical (unpaired) electrons. The molecule has 1 aliphatic rings. The van der Waals surface area contributed by atoms with Crippen molar-refractivity contribution in [1.29, 1.82) is 0 Å². The first-order chi connectivity index (χ1) is 11.3. The number of aliphatic carboxylic acids is 1. The van der Waals surface area contributed by atoms with Crippen LogP contribution in [0.3, 0.4) is 0 Å². The van der Waals surface area contributed by atoms with Crippen molar-refractivity contribution < 1.29 is 23.1 Å². The van der Waals surface area contributed by atoms with Crippen LogP contribution in [0.4, 0.5) is 0 Å². The third-order valence-corrected chi connectivity index (χ3v) is 6.28. The molecule has 0 fully saturated rings. The molecule has 1 aliphatic heterocycles. The Bertz CT molecular complexity index is 919. The zero-order valence-electron chi connectivity index (χ0n) is 12.4. The molecule has 3 N–H and O–H groups in total. The molecule has 0 bridgehead atoms. The normalized spacial score (nSPS) is 17.4. The second kappa shape index (κ2) is 6.00. The van der Waals surface area contributed by atoms with Crippen LogP contribution in [0.1, 0.15) is 21.5 Å². The number of benzene rings is 1. The van der Waals surface area contributed by atoms with Crippen molar-refractivity contribution >= 4 is 33.2 Å². The van der Waals surface area contributed by atoms with Crippen LogP contribution in [0.25, 0.3) is 0 Å². The average Bonchev–Trinajstić information content (AvgIpc) is 3.03. The Morgan fingerprint density at radius 1 is 1.25 bits per heavy atom. The summed E-state index contributed by atoms with van der Waals surface area (Å²) >= 11 is 0.836. The van der Waals surface area contributed by atoms with Crippen molar-refractivity contribution in [3.63, 3.8) is 0 Å². The van der Waals surface area contributed by atoms with E-state index in [-0.39, 0.29) is 22.7 Å². The molecular formula is C15H14N2O5S2. The van der Waals surface area contributed by atoms with Gasteiger partial charge in [-0.2, -0.15) is 0 Å². The van der Waals surface area contributed by atoms with Gasteiger partial charge in [-0.05, 0) is 17.2 Å². The second-order valence-corrected chi connectivity index (χ2v) is 8.16. The Labute approximate surface area is 142 Å². The van der Waals surface area contributed by atoms with Gasteiger partial charge in [0, 0.05) is 18.3 Å². The van der Waals surface area contributed by atoms with E-state index >= 15 is 0 Å². The lowest BCUT2D eigenvalue weighted by Gasteiger charge is -2.34. The van der Waals surface area contributed by atoms with Gasteiger partial charge in [0.15, 0.2) is 0 Å². The monoisotopic (exact) mass is 366 g/mol. The number of nitrogens with two attached hydrogens (primary N) is 1. The maximum Gasteiger partial charge on any atom is 0.326 e. The van der Waals surface area contributed by atoms with E-state index in [1.807, 2.05) is 24.3 Å². The minimum Gasteiger partial charge on any atom is -0.480 e. The van der Waals surface area contributed by atoms with E-state index in [2.05, 4.69) is 0 Å². The van der Waals surface area contributed by atoms with Gasteiger partial charge in [-0.1, -0.05) is 24.3 Å². The molecule has 7 nitrogen and oxygen atoms in total. The summed E-state index contributed by atoms with van der Waals surface area (Å²) in [4.78, 5) is 25.5. The lowest BCUT2D eigenvalue weighted by atomic mass is 9.93. The van der Waals surface area contributed by atoms with Gasteiger partial charge in [0.25, 0.3) is 5.91 Å². The molecule has 0 unspecified atom stereocenters. The van der Waals surface area contributed by atoms with Crippen LogP contribution in [0.5, 0.6) is 0 Å². The first kappa shape index (κ1) is 16.6. The van der Waals surface area contributed by atoms with Crippen LogP contribution in [0.2, 0.25) is 0 Å². The van der Waals surface area contributed by atoms with Gasteiger partial charge in [0.2, 0.25) is 10.0 Å². The van der Waals surface area contributed by atoms with Crippen molar-refractivity contribution in [3.05, 3.63) is 52.4 Å². The van der Waals surface area contributed by atoms with Crippen LogP contribution in [0, 0.1) is 0 Å². The number of hydrogen-bond donors (Lipinski definition) is 2. The summed E-state index contributed by atoms with van der Waals surface area (Å²) in [6, 6.07) is 7.53. The number of hydrogen-bond acceptors (Lipinski definition) is 5. The van der Waals surface area contributed by atoms with Crippen LogP contribution < -0.4 is 5.14 Å². The number of sulfonamides is 1. The third-order valence-electron chi connectivity index (χ3n) is 3.90. The fourth-order valence-corrected chi connectivity index (χ4v) is 4.28. The molecule has 1 aromatic heterocycles. The van der Waals surface area contributed by atoms with E-state index in [1.54, 1.807) is 0 Å². The Balaban J connectivity index is 1.95.